The van der Waals surface area contributed by atoms with Gasteiger partial charge in [0, 0.05) is 42.8 Å². The van der Waals surface area contributed by atoms with Gasteiger partial charge in [-0.2, -0.15) is 0 Å². The number of Topliss-reactive ketones (excluding diaryl/α,β-unsaturated/α-hetero) is 1. The van der Waals surface area contributed by atoms with E-state index in [1.807, 2.05) is 44.2 Å². The highest BCUT2D eigenvalue weighted by Gasteiger charge is 2.25. The number of ether oxygens (including phenoxy) is 1. The van der Waals surface area contributed by atoms with Gasteiger partial charge in [-0.05, 0) is 19.4 Å². The summed E-state index contributed by atoms with van der Waals surface area (Å²) >= 11 is 0. The van der Waals surface area contributed by atoms with Crippen LogP contribution in [0, 0.1) is 5.82 Å². The minimum atomic E-state index is -0.418. The Kier molecular flexibility index (Phi) is 6.52. The average Bonchev–Trinajstić information content (AvgIpc) is 3.07. The summed E-state index contributed by atoms with van der Waals surface area (Å²) < 4.78 is 20.2. The molecule has 0 amide bonds. The Bertz CT molecular complexity index is 866. The Balaban J connectivity index is 1.71. The quantitative estimate of drug-likeness (QED) is 0.759. The van der Waals surface area contributed by atoms with Gasteiger partial charge in [0.25, 0.3) is 0 Å². The topological polar surface area (TPSA) is 63.6 Å². The van der Waals surface area contributed by atoms with Crippen molar-refractivity contribution < 1.29 is 13.9 Å². The molecule has 0 unspecified atom stereocenters. The standard InChI is InChI=1S/C22H26FN3O2/c1-14(2)26-22-19-12-24-20(21(23)18(19)11-25-22)10-17(27)9-16(13-28-3)15-7-5-4-6-8-15/h4-8,12,14,16H,9-11,13H2,1-3H3,(H,25,26)/t16-/m0/s1. The molecule has 1 aliphatic rings. The largest absolute Gasteiger partial charge is 0.384 e. The molecule has 1 aromatic carbocycles. The molecule has 0 saturated heterocycles. The summed E-state index contributed by atoms with van der Waals surface area (Å²) in [5, 5.41) is 3.21. The molecule has 1 N–H and O–H groups in total. The zero-order chi connectivity index (χ0) is 20.1. The molecule has 0 radical (unpaired) electrons. The lowest BCUT2D eigenvalue weighted by atomic mass is 9.93. The minimum Gasteiger partial charge on any atom is -0.384 e. The summed E-state index contributed by atoms with van der Waals surface area (Å²) in [6.07, 6.45) is 1.87. The van der Waals surface area contributed by atoms with Crippen LogP contribution in [0.15, 0.2) is 41.5 Å². The van der Waals surface area contributed by atoms with Crippen LogP contribution in [0.3, 0.4) is 0 Å². The number of ketones is 1. The fraction of sp³-hybridized carbons (Fsp3) is 0.409. The Hall–Kier alpha value is -2.60. The van der Waals surface area contributed by atoms with E-state index in [1.54, 1.807) is 13.3 Å². The van der Waals surface area contributed by atoms with Crippen molar-refractivity contribution in [3.63, 3.8) is 0 Å². The number of amidine groups is 1. The van der Waals surface area contributed by atoms with Gasteiger partial charge in [0.05, 0.1) is 25.3 Å². The van der Waals surface area contributed by atoms with E-state index < -0.39 is 5.82 Å². The van der Waals surface area contributed by atoms with Crippen LogP contribution in [-0.4, -0.2) is 36.4 Å². The number of hydrogen-bond donors (Lipinski definition) is 1. The fourth-order valence-corrected chi connectivity index (χ4v) is 3.42. The third-order valence-electron chi connectivity index (χ3n) is 4.75. The van der Waals surface area contributed by atoms with E-state index in [2.05, 4.69) is 15.3 Å². The fourth-order valence-electron chi connectivity index (χ4n) is 3.42. The summed E-state index contributed by atoms with van der Waals surface area (Å²) in [6, 6.07) is 9.96. The second kappa shape index (κ2) is 9.06. The highest BCUT2D eigenvalue weighted by Crippen LogP contribution is 2.25. The van der Waals surface area contributed by atoms with E-state index >= 15 is 0 Å². The minimum absolute atomic E-state index is 0.0287. The van der Waals surface area contributed by atoms with Crippen molar-refractivity contribution in [1.29, 1.82) is 0 Å². The molecule has 5 nitrogen and oxygen atoms in total. The van der Waals surface area contributed by atoms with Crippen LogP contribution >= 0.6 is 0 Å². The van der Waals surface area contributed by atoms with Gasteiger partial charge in [0.1, 0.15) is 11.6 Å². The van der Waals surface area contributed by atoms with Crippen molar-refractivity contribution in [1.82, 2.24) is 10.3 Å². The molecule has 0 spiro atoms. The number of rotatable bonds is 8. The van der Waals surface area contributed by atoms with Gasteiger partial charge in [-0.3, -0.25) is 14.8 Å². The number of fused-ring (bicyclic) bond motifs is 1. The first-order valence-electron chi connectivity index (χ1n) is 9.52. The SMILES string of the molecule is COC[C@H](CC(=O)Cc1ncc2c(c1F)CN=C2NC(C)C)c1ccccc1. The third-order valence-corrected chi connectivity index (χ3v) is 4.75. The molecule has 1 aromatic heterocycles. The van der Waals surface area contributed by atoms with E-state index in [4.69, 9.17) is 4.74 Å². The zero-order valence-corrected chi connectivity index (χ0v) is 16.5. The number of aliphatic imine (C=N–C) groups is 1. The Morgan fingerprint density at radius 2 is 2.04 bits per heavy atom. The maximum atomic E-state index is 14.9. The summed E-state index contributed by atoms with van der Waals surface area (Å²) in [7, 11) is 1.62. The van der Waals surface area contributed by atoms with Crippen molar-refractivity contribution in [2.24, 2.45) is 4.99 Å². The van der Waals surface area contributed by atoms with Gasteiger partial charge in [0.2, 0.25) is 0 Å². The van der Waals surface area contributed by atoms with Crippen LogP contribution in [0.4, 0.5) is 4.39 Å². The van der Waals surface area contributed by atoms with Crippen LogP contribution < -0.4 is 5.32 Å². The molecule has 0 fully saturated rings. The maximum Gasteiger partial charge on any atom is 0.150 e. The van der Waals surface area contributed by atoms with Crippen LogP contribution in [0.5, 0.6) is 0 Å². The lowest BCUT2D eigenvalue weighted by Crippen LogP contribution is -2.30. The summed E-state index contributed by atoms with van der Waals surface area (Å²) in [6.45, 7) is 4.71. The number of pyridine rings is 1. The first-order valence-corrected chi connectivity index (χ1v) is 9.52. The van der Waals surface area contributed by atoms with E-state index in [1.165, 1.54) is 0 Å². The van der Waals surface area contributed by atoms with Crippen LogP contribution in [0.1, 0.15) is 48.6 Å². The van der Waals surface area contributed by atoms with Crippen LogP contribution in [0.25, 0.3) is 0 Å². The van der Waals surface area contributed by atoms with E-state index in [-0.39, 0.29) is 42.8 Å². The molecular weight excluding hydrogens is 357 g/mol. The van der Waals surface area contributed by atoms with Crippen molar-refractivity contribution >= 4 is 11.6 Å². The van der Waals surface area contributed by atoms with E-state index in [9.17, 15) is 9.18 Å². The van der Waals surface area contributed by atoms with Gasteiger partial charge in [-0.15, -0.1) is 0 Å². The molecule has 0 aliphatic carbocycles. The summed E-state index contributed by atoms with van der Waals surface area (Å²) in [5.74, 6) is 0.134. The molecule has 1 aliphatic heterocycles. The number of hydrogen-bond acceptors (Lipinski definition) is 5. The lowest BCUT2D eigenvalue weighted by molar-refractivity contribution is -0.119. The predicted molar refractivity (Wildman–Crippen MR) is 107 cm³/mol. The highest BCUT2D eigenvalue weighted by molar-refractivity contribution is 6.02. The Morgan fingerprint density at radius 1 is 1.29 bits per heavy atom. The molecular formula is C22H26FN3O2. The lowest BCUT2D eigenvalue weighted by Gasteiger charge is -2.16. The van der Waals surface area contributed by atoms with Crippen molar-refractivity contribution in [3.05, 3.63) is 64.7 Å². The molecule has 2 aromatic rings. The van der Waals surface area contributed by atoms with E-state index in [0.29, 0.717) is 23.6 Å². The normalized spacial score (nSPS) is 14.0. The monoisotopic (exact) mass is 383 g/mol. The number of halogens is 1. The zero-order valence-electron chi connectivity index (χ0n) is 16.5. The second-order valence-electron chi connectivity index (χ2n) is 7.36. The highest BCUT2D eigenvalue weighted by atomic mass is 19.1. The van der Waals surface area contributed by atoms with Crippen LogP contribution in [-0.2, 0) is 22.5 Å². The first kappa shape index (κ1) is 20.1. The van der Waals surface area contributed by atoms with Crippen LogP contribution in [0.2, 0.25) is 0 Å². The molecule has 28 heavy (non-hydrogen) atoms. The number of aromatic nitrogens is 1. The van der Waals surface area contributed by atoms with Gasteiger partial charge in [-0.25, -0.2) is 4.39 Å². The molecule has 0 bridgehead atoms. The average molecular weight is 383 g/mol. The molecule has 2 heterocycles. The number of methoxy groups -OCH3 is 1. The molecule has 6 heteroatoms. The first-order chi connectivity index (χ1) is 13.5. The van der Waals surface area contributed by atoms with Crippen molar-refractivity contribution in [2.45, 2.75) is 45.2 Å². The predicted octanol–water partition coefficient (Wildman–Crippen LogP) is 3.41. The summed E-state index contributed by atoms with van der Waals surface area (Å²) in [4.78, 5) is 21.2. The van der Waals surface area contributed by atoms with Gasteiger partial charge >= 0.3 is 0 Å². The summed E-state index contributed by atoms with van der Waals surface area (Å²) in [5.41, 5.74) is 2.42. The second-order valence-corrected chi connectivity index (χ2v) is 7.36. The third kappa shape index (κ3) is 4.62. The molecule has 148 valence electrons. The molecule has 3 rings (SSSR count). The number of carbonyl (C=O) groups excluding carboxylic acids is 1. The van der Waals surface area contributed by atoms with Crippen molar-refractivity contribution in [3.8, 4) is 0 Å². The maximum absolute atomic E-state index is 14.9. The number of nitrogens with zero attached hydrogens (tertiary/aromatic N) is 2. The van der Waals surface area contributed by atoms with Gasteiger partial charge in [-0.1, -0.05) is 30.3 Å². The number of nitrogens with one attached hydrogen (secondary N) is 1. The van der Waals surface area contributed by atoms with Crippen molar-refractivity contribution in [2.75, 3.05) is 13.7 Å². The molecule has 1 atom stereocenters. The molecule has 0 saturated carbocycles. The van der Waals surface area contributed by atoms with Gasteiger partial charge < -0.3 is 10.1 Å². The Morgan fingerprint density at radius 3 is 2.71 bits per heavy atom. The smallest absolute Gasteiger partial charge is 0.150 e. The number of benzene rings is 1. The number of carbonyl (C=O) groups is 1. The Labute approximate surface area is 165 Å². The van der Waals surface area contributed by atoms with E-state index in [0.717, 1.165) is 5.56 Å². The van der Waals surface area contributed by atoms with Gasteiger partial charge in [0.15, 0.2) is 5.82 Å².